The third-order valence-electron chi connectivity index (χ3n) is 6.00. The Labute approximate surface area is 204 Å². The molecule has 1 heterocycles. The lowest BCUT2D eigenvalue weighted by atomic mass is 9.92. The van der Waals surface area contributed by atoms with Crippen LogP contribution in [-0.4, -0.2) is 35.3 Å². The number of benzene rings is 1. The van der Waals surface area contributed by atoms with Crippen molar-refractivity contribution < 1.29 is 28.4 Å². The molecule has 7 heteroatoms. The van der Waals surface area contributed by atoms with E-state index in [1.165, 1.54) is 0 Å². The second-order valence-electron chi connectivity index (χ2n) is 10.0. The molecule has 0 aliphatic heterocycles. The normalized spacial score (nSPS) is 13.5. The number of imidazole rings is 1. The first-order valence-electron chi connectivity index (χ1n) is 12.1. The van der Waals surface area contributed by atoms with Gasteiger partial charge in [0.15, 0.2) is 0 Å². The number of carbonyl (C=O) groups excluding carboxylic acids is 2. The highest BCUT2D eigenvalue weighted by atomic mass is 16.6. The molecule has 0 N–H and O–H groups in total. The van der Waals surface area contributed by atoms with Crippen molar-refractivity contribution in [3.8, 4) is 0 Å². The molecule has 1 aromatic carbocycles. The van der Waals surface area contributed by atoms with Gasteiger partial charge in [0.1, 0.15) is 37.6 Å². The fourth-order valence-corrected chi connectivity index (χ4v) is 3.01. The van der Waals surface area contributed by atoms with Crippen LogP contribution in [0.1, 0.15) is 66.0 Å². The van der Waals surface area contributed by atoms with Crippen LogP contribution in [0.4, 0.5) is 0 Å². The van der Waals surface area contributed by atoms with Gasteiger partial charge in [-0.2, -0.15) is 0 Å². The Morgan fingerprint density at radius 1 is 1.00 bits per heavy atom. The zero-order valence-electron chi connectivity index (χ0n) is 21.8. The van der Waals surface area contributed by atoms with Crippen LogP contribution in [0.2, 0.25) is 0 Å². The molecule has 188 valence electrons. The average molecular weight is 474 g/mol. The van der Waals surface area contributed by atoms with Crippen molar-refractivity contribution in [3.63, 3.8) is 0 Å². The lowest BCUT2D eigenvalue weighted by molar-refractivity contribution is -0.687. The Morgan fingerprint density at radius 2 is 1.65 bits per heavy atom. The van der Waals surface area contributed by atoms with Crippen molar-refractivity contribution in [2.45, 2.75) is 80.2 Å². The molecule has 0 fully saturated rings. The molecular weight excluding hydrogens is 432 g/mol. The molecule has 0 saturated carbocycles. The summed E-state index contributed by atoms with van der Waals surface area (Å²) in [5, 5.41) is 0. The Bertz CT molecular complexity index is 933. The number of ether oxygens (including phenoxy) is 3. The highest BCUT2D eigenvalue weighted by molar-refractivity contribution is 5.78. The summed E-state index contributed by atoms with van der Waals surface area (Å²) in [5.41, 5.74) is 0.564. The van der Waals surface area contributed by atoms with E-state index >= 15 is 0 Å². The van der Waals surface area contributed by atoms with Crippen molar-refractivity contribution in [2.24, 2.45) is 11.3 Å². The highest BCUT2D eigenvalue weighted by Gasteiger charge is 2.39. The van der Waals surface area contributed by atoms with Crippen molar-refractivity contribution in [1.82, 2.24) is 4.57 Å². The van der Waals surface area contributed by atoms with Gasteiger partial charge < -0.3 is 14.2 Å². The number of esters is 2. The Morgan fingerprint density at radius 3 is 2.21 bits per heavy atom. The number of rotatable bonds is 13. The van der Waals surface area contributed by atoms with Gasteiger partial charge in [-0.15, -0.1) is 0 Å². The molecule has 7 nitrogen and oxygen atoms in total. The van der Waals surface area contributed by atoms with E-state index in [4.69, 9.17) is 14.2 Å². The third-order valence-corrected chi connectivity index (χ3v) is 6.00. The first-order chi connectivity index (χ1) is 16.0. The molecule has 0 saturated heterocycles. The van der Waals surface area contributed by atoms with Crippen molar-refractivity contribution in [2.75, 3.05) is 13.2 Å². The van der Waals surface area contributed by atoms with Crippen LogP contribution < -0.4 is 4.57 Å². The second-order valence-corrected chi connectivity index (χ2v) is 10.0. The fourth-order valence-electron chi connectivity index (χ4n) is 3.01. The standard InChI is InChI=1S/C27H41N2O5/c1-8-26(5,6)34-19-27(7,18-33-24(30)21(3)4)25(31)32-17-23-12-10-22(11-13-23)16-29-15-14-28(9-2)20-29/h10-15,20-21H,8-9,16-19H2,1-7H3/q+1. The predicted octanol–water partition coefficient (Wildman–Crippen LogP) is 4.30. The Balaban J connectivity index is 2.00. The van der Waals surface area contributed by atoms with E-state index in [0.29, 0.717) is 0 Å². The lowest BCUT2D eigenvalue weighted by Crippen LogP contribution is -2.42. The number of carbonyl (C=O) groups is 2. The molecule has 2 rings (SSSR count). The molecule has 1 atom stereocenters. The van der Waals surface area contributed by atoms with E-state index < -0.39 is 17.0 Å². The van der Waals surface area contributed by atoms with Crippen LogP contribution in [0.15, 0.2) is 43.0 Å². The van der Waals surface area contributed by atoms with E-state index in [9.17, 15) is 9.59 Å². The summed E-state index contributed by atoms with van der Waals surface area (Å²) in [6.45, 7) is 15.2. The molecule has 34 heavy (non-hydrogen) atoms. The first-order valence-corrected chi connectivity index (χ1v) is 12.1. The minimum Gasteiger partial charge on any atom is -0.464 e. The third kappa shape index (κ3) is 8.28. The molecule has 1 unspecified atom stereocenters. The van der Waals surface area contributed by atoms with E-state index in [0.717, 1.165) is 30.6 Å². The van der Waals surface area contributed by atoms with Crippen molar-refractivity contribution in [3.05, 3.63) is 54.1 Å². The summed E-state index contributed by atoms with van der Waals surface area (Å²) in [4.78, 5) is 25.1. The van der Waals surface area contributed by atoms with E-state index in [-0.39, 0.29) is 31.7 Å². The van der Waals surface area contributed by atoms with Gasteiger partial charge in [0.2, 0.25) is 6.33 Å². The molecule has 0 aliphatic carbocycles. The Hall–Kier alpha value is -2.67. The number of aryl methyl sites for hydroxylation is 1. The largest absolute Gasteiger partial charge is 0.464 e. The number of aromatic nitrogens is 2. The topological polar surface area (TPSA) is 70.6 Å². The smallest absolute Gasteiger partial charge is 0.317 e. The highest BCUT2D eigenvalue weighted by Crippen LogP contribution is 2.25. The van der Waals surface area contributed by atoms with E-state index in [2.05, 4.69) is 28.6 Å². The van der Waals surface area contributed by atoms with Crippen molar-refractivity contribution >= 4 is 11.9 Å². The number of nitrogens with zero attached hydrogens (tertiary/aromatic N) is 2. The average Bonchev–Trinajstić information content (AvgIpc) is 3.28. The number of hydrogen-bond acceptors (Lipinski definition) is 5. The van der Waals surface area contributed by atoms with E-state index in [1.54, 1.807) is 20.8 Å². The van der Waals surface area contributed by atoms with Crippen LogP contribution in [0, 0.1) is 11.3 Å². The predicted molar refractivity (Wildman–Crippen MR) is 130 cm³/mol. The zero-order valence-corrected chi connectivity index (χ0v) is 21.8. The van der Waals surface area contributed by atoms with Gasteiger partial charge >= 0.3 is 11.9 Å². The molecule has 0 spiro atoms. The van der Waals surface area contributed by atoms with Crippen LogP contribution in [0.25, 0.3) is 0 Å². The molecule has 1 aromatic heterocycles. The van der Waals surface area contributed by atoms with Crippen LogP contribution >= 0.6 is 0 Å². The second kappa shape index (κ2) is 12.2. The maximum Gasteiger partial charge on any atom is 0.317 e. The summed E-state index contributed by atoms with van der Waals surface area (Å²) in [7, 11) is 0. The summed E-state index contributed by atoms with van der Waals surface area (Å²) in [6.07, 6.45) is 6.96. The van der Waals surface area contributed by atoms with Gasteiger partial charge in [-0.25, -0.2) is 9.13 Å². The fraction of sp³-hybridized carbons (Fsp3) is 0.593. The van der Waals surface area contributed by atoms with Crippen LogP contribution in [-0.2, 0) is 43.5 Å². The van der Waals surface area contributed by atoms with Crippen molar-refractivity contribution in [1.29, 1.82) is 0 Å². The van der Waals surface area contributed by atoms with Gasteiger partial charge in [0, 0.05) is 0 Å². The van der Waals surface area contributed by atoms with Crippen LogP contribution in [0.5, 0.6) is 0 Å². The molecule has 0 aliphatic rings. The monoisotopic (exact) mass is 473 g/mol. The quantitative estimate of drug-likeness (QED) is 0.320. The molecular formula is C27H41N2O5+. The summed E-state index contributed by atoms with van der Waals surface area (Å²) >= 11 is 0. The van der Waals surface area contributed by atoms with Crippen LogP contribution in [0.3, 0.4) is 0 Å². The first kappa shape index (κ1) is 27.6. The Kier molecular flexibility index (Phi) is 9.86. The number of hydrogen-bond donors (Lipinski definition) is 0. The molecule has 2 aromatic rings. The lowest BCUT2D eigenvalue weighted by Gasteiger charge is -2.32. The SMILES string of the molecule is CCn1cc[n+](Cc2ccc(COC(=O)C(C)(COC(=O)C(C)C)COC(C)(C)CC)cc2)c1. The zero-order chi connectivity index (χ0) is 25.4. The molecule has 0 radical (unpaired) electrons. The summed E-state index contributed by atoms with van der Waals surface area (Å²) in [5.74, 6) is -1.07. The van der Waals surface area contributed by atoms with Gasteiger partial charge in [0.05, 0.1) is 24.7 Å². The van der Waals surface area contributed by atoms with E-state index in [1.807, 2.05) is 51.2 Å². The molecule has 0 amide bonds. The molecule has 0 bridgehead atoms. The van der Waals surface area contributed by atoms with Gasteiger partial charge in [-0.05, 0) is 45.2 Å². The summed E-state index contributed by atoms with van der Waals surface area (Å²) in [6, 6.07) is 8.01. The summed E-state index contributed by atoms with van der Waals surface area (Å²) < 4.78 is 21.3. The van der Waals surface area contributed by atoms with Gasteiger partial charge in [0.25, 0.3) is 0 Å². The van der Waals surface area contributed by atoms with Gasteiger partial charge in [-0.1, -0.05) is 45.0 Å². The maximum absolute atomic E-state index is 13.1. The van der Waals surface area contributed by atoms with Gasteiger partial charge in [-0.3, -0.25) is 9.59 Å². The minimum atomic E-state index is -1.10. The minimum absolute atomic E-state index is 0.0871. The maximum atomic E-state index is 13.1.